The van der Waals surface area contributed by atoms with E-state index in [9.17, 15) is 23.1 Å². The quantitative estimate of drug-likeness (QED) is 0.655. The van der Waals surface area contributed by atoms with Gasteiger partial charge in [-0.2, -0.15) is 13.2 Å². The Bertz CT molecular complexity index is 1090. The Balaban J connectivity index is 1.61. The summed E-state index contributed by atoms with van der Waals surface area (Å²) in [5.74, 6) is -0.453. The number of aliphatic hydroxyl groups is 1. The Labute approximate surface area is 170 Å². The van der Waals surface area contributed by atoms with Gasteiger partial charge in [0.1, 0.15) is 6.26 Å². The number of benzene rings is 2. The molecule has 1 aromatic heterocycles. The standard InChI is InChI=1S/C22H19F3N2O3/c1-13(8-20-15(11-28)12-30-26-20)14-4-2-5-16(9-14)27-10-18-17(21(27)29)6-3-7-19(18)22(23,24)25/h2-7,9,12-13,28H,8,10-11H2,1H3. The Morgan fingerprint density at radius 1 is 1.23 bits per heavy atom. The van der Waals surface area contributed by atoms with Crippen molar-refractivity contribution in [3.8, 4) is 0 Å². The van der Waals surface area contributed by atoms with Gasteiger partial charge in [-0.3, -0.25) is 4.79 Å². The van der Waals surface area contributed by atoms with E-state index >= 15 is 0 Å². The lowest BCUT2D eigenvalue weighted by atomic mass is 9.94. The average Bonchev–Trinajstić information content (AvgIpc) is 3.31. The largest absolute Gasteiger partial charge is 0.416 e. The molecule has 1 N–H and O–H groups in total. The number of aromatic nitrogens is 1. The predicted octanol–water partition coefficient (Wildman–Crippen LogP) is 4.69. The van der Waals surface area contributed by atoms with Gasteiger partial charge in [-0.15, -0.1) is 0 Å². The molecule has 5 nitrogen and oxygen atoms in total. The van der Waals surface area contributed by atoms with Crippen LogP contribution in [0.3, 0.4) is 0 Å². The van der Waals surface area contributed by atoms with Gasteiger partial charge in [0.15, 0.2) is 0 Å². The zero-order chi connectivity index (χ0) is 21.5. The summed E-state index contributed by atoms with van der Waals surface area (Å²) in [5.41, 5.74) is 2.01. The van der Waals surface area contributed by atoms with Gasteiger partial charge in [-0.05, 0) is 41.3 Å². The highest BCUT2D eigenvalue weighted by atomic mass is 19.4. The molecule has 0 spiro atoms. The Hall–Kier alpha value is -3.13. The lowest BCUT2D eigenvalue weighted by molar-refractivity contribution is -0.138. The van der Waals surface area contributed by atoms with Gasteiger partial charge in [-0.1, -0.05) is 30.3 Å². The fourth-order valence-electron chi connectivity index (χ4n) is 3.79. The minimum absolute atomic E-state index is 0.00337. The second kappa shape index (κ2) is 7.60. The maximum Gasteiger partial charge on any atom is 0.416 e. The Morgan fingerprint density at radius 3 is 2.73 bits per heavy atom. The van der Waals surface area contributed by atoms with Crippen molar-refractivity contribution in [3.63, 3.8) is 0 Å². The number of halogens is 3. The summed E-state index contributed by atoms with van der Waals surface area (Å²) in [4.78, 5) is 14.2. The summed E-state index contributed by atoms with van der Waals surface area (Å²) >= 11 is 0. The molecule has 1 amide bonds. The zero-order valence-electron chi connectivity index (χ0n) is 16.1. The number of hydrogen-bond donors (Lipinski definition) is 1. The molecule has 3 aromatic rings. The van der Waals surface area contributed by atoms with Crippen LogP contribution >= 0.6 is 0 Å². The molecular weight excluding hydrogens is 397 g/mol. The van der Waals surface area contributed by atoms with E-state index in [1.807, 2.05) is 13.0 Å². The average molecular weight is 416 g/mol. The first-order valence-corrected chi connectivity index (χ1v) is 9.43. The topological polar surface area (TPSA) is 66.6 Å². The minimum Gasteiger partial charge on any atom is -0.391 e. The SMILES string of the molecule is CC(Cc1nocc1CO)c1cccc(N2Cc3c(cccc3C(F)(F)F)C2=O)c1. The first-order valence-electron chi connectivity index (χ1n) is 9.43. The number of carbonyl (C=O) groups is 1. The van der Waals surface area contributed by atoms with E-state index in [4.69, 9.17) is 4.52 Å². The lowest BCUT2D eigenvalue weighted by Gasteiger charge is -2.19. The van der Waals surface area contributed by atoms with Crippen molar-refractivity contribution in [2.75, 3.05) is 4.90 Å². The third-order valence-corrected chi connectivity index (χ3v) is 5.42. The van der Waals surface area contributed by atoms with Crippen molar-refractivity contribution < 1.29 is 27.6 Å². The van der Waals surface area contributed by atoms with E-state index < -0.39 is 17.6 Å². The Kier molecular flexibility index (Phi) is 5.11. The van der Waals surface area contributed by atoms with Gasteiger partial charge < -0.3 is 14.5 Å². The Morgan fingerprint density at radius 2 is 2.00 bits per heavy atom. The van der Waals surface area contributed by atoms with Crippen LogP contribution in [-0.4, -0.2) is 16.2 Å². The number of amides is 1. The lowest BCUT2D eigenvalue weighted by Crippen LogP contribution is -2.23. The molecule has 0 fully saturated rings. The van der Waals surface area contributed by atoms with E-state index in [2.05, 4.69) is 5.16 Å². The first kappa shape index (κ1) is 20.2. The predicted molar refractivity (Wildman–Crippen MR) is 103 cm³/mol. The summed E-state index contributed by atoms with van der Waals surface area (Å²) in [6, 6.07) is 10.9. The van der Waals surface area contributed by atoms with Crippen LogP contribution in [0.1, 0.15) is 51.1 Å². The van der Waals surface area contributed by atoms with Gasteiger partial charge in [-0.25, -0.2) is 0 Å². The third kappa shape index (κ3) is 3.59. The summed E-state index contributed by atoms with van der Waals surface area (Å²) in [7, 11) is 0. The molecule has 4 rings (SSSR count). The normalized spacial score (nSPS) is 14.8. The summed E-state index contributed by atoms with van der Waals surface area (Å²) < 4.78 is 45.0. The van der Waals surface area contributed by atoms with Crippen LogP contribution < -0.4 is 4.90 Å². The maximum absolute atomic E-state index is 13.4. The molecular formula is C22H19F3N2O3. The monoisotopic (exact) mass is 416 g/mol. The molecule has 0 saturated carbocycles. The molecule has 156 valence electrons. The van der Waals surface area contributed by atoms with E-state index in [1.54, 1.807) is 18.2 Å². The van der Waals surface area contributed by atoms with Gasteiger partial charge in [0.05, 0.1) is 24.4 Å². The number of nitrogens with zero attached hydrogens (tertiary/aromatic N) is 2. The van der Waals surface area contributed by atoms with Crippen molar-refractivity contribution in [1.29, 1.82) is 0 Å². The van der Waals surface area contributed by atoms with E-state index in [-0.39, 0.29) is 30.2 Å². The summed E-state index contributed by atoms with van der Waals surface area (Å²) in [5, 5.41) is 13.3. The third-order valence-electron chi connectivity index (χ3n) is 5.42. The van der Waals surface area contributed by atoms with Crippen LogP contribution in [0.15, 0.2) is 53.3 Å². The molecule has 8 heteroatoms. The van der Waals surface area contributed by atoms with Crippen molar-refractivity contribution in [2.24, 2.45) is 0 Å². The van der Waals surface area contributed by atoms with Crippen LogP contribution in [0.5, 0.6) is 0 Å². The van der Waals surface area contributed by atoms with E-state index in [0.717, 1.165) is 11.6 Å². The number of aliphatic hydroxyl groups excluding tert-OH is 1. The highest BCUT2D eigenvalue weighted by Gasteiger charge is 2.39. The molecule has 30 heavy (non-hydrogen) atoms. The van der Waals surface area contributed by atoms with Crippen molar-refractivity contribution in [2.45, 2.75) is 38.6 Å². The fourth-order valence-corrected chi connectivity index (χ4v) is 3.79. The van der Waals surface area contributed by atoms with Crippen LogP contribution in [0.25, 0.3) is 0 Å². The molecule has 2 heterocycles. The van der Waals surface area contributed by atoms with Gasteiger partial charge >= 0.3 is 6.18 Å². The van der Waals surface area contributed by atoms with E-state index in [0.29, 0.717) is 23.4 Å². The number of carbonyl (C=O) groups excluding carboxylic acids is 1. The van der Waals surface area contributed by atoms with E-state index in [1.165, 1.54) is 23.3 Å². The number of alkyl halides is 3. The molecule has 0 saturated heterocycles. The van der Waals surface area contributed by atoms with Gasteiger partial charge in [0, 0.05) is 23.2 Å². The highest BCUT2D eigenvalue weighted by Crippen LogP contribution is 2.39. The van der Waals surface area contributed by atoms with Crippen LogP contribution in [0.2, 0.25) is 0 Å². The molecule has 0 radical (unpaired) electrons. The second-order valence-corrected chi connectivity index (χ2v) is 7.37. The molecule has 1 unspecified atom stereocenters. The number of hydrogen-bond acceptors (Lipinski definition) is 4. The van der Waals surface area contributed by atoms with Gasteiger partial charge in [0.25, 0.3) is 5.91 Å². The first-order chi connectivity index (χ1) is 14.3. The molecule has 1 aliphatic heterocycles. The van der Waals surface area contributed by atoms with Gasteiger partial charge in [0.2, 0.25) is 0 Å². The number of fused-ring (bicyclic) bond motifs is 1. The second-order valence-electron chi connectivity index (χ2n) is 7.37. The molecule has 1 atom stereocenters. The van der Waals surface area contributed by atoms with Crippen LogP contribution in [-0.2, 0) is 25.7 Å². The minimum atomic E-state index is -4.51. The molecule has 0 bridgehead atoms. The maximum atomic E-state index is 13.4. The van der Waals surface area contributed by atoms with Crippen LogP contribution in [0.4, 0.5) is 18.9 Å². The molecule has 2 aromatic carbocycles. The summed E-state index contributed by atoms with van der Waals surface area (Å²) in [6.07, 6.45) is -2.60. The van der Waals surface area contributed by atoms with Crippen molar-refractivity contribution >= 4 is 11.6 Å². The summed E-state index contributed by atoms with van der Waals surface area (Å²) in [6.45, 7) is 1.67. The zero-order valence-corrected chi connectivity index (χ0v) is 16.1. The van der Waals surface area contributed by atoms with Crippen molar-refractivity contribution in [1.82, 2.24) is 5.16 Å². The smallest absolute Gasteiger partial charge is 0.391 e. The van der Waals surface area contributed by atoms with Crippen LogP contribution in [0, 0.1) is 0 Å². The number of anilines is 1. The molecule has 0 aliphatic carbocycles. The van der Waals surface area contributed by atoms with Crippen molar-refractivity contribution in [3.05, 3.63) is 82.2 Å². The fraction of sp³-hybridized carbons (Fsp3) is 0.273. The number of rotatable bonds is 5. The highest BCUT2D eigenvalue weighted by molar-refractivity contribution is 6.10. The molecule has 1 aliphatic rings.